The first-order valence-corrected chi connectivity index (χ1v) is 10.8. The van der Waals surface area contributed by atoms with Gasteiger partial charge in [-0.15, -0.1) is 0 Å². The molecule has 12 heteroatoms. The lowest BCUT2D eigenvalue weighted by Gasteiger charge is -2.05. The number of thiazole rings is 1. The topological polar surface area (TPSA) is 155 Å². The van der Waals surface area contributed by atoms with Gasteiger partial charge in [0.2, 0.25) is 0 Å². The van der Waals surface area contributed by atoms with Crippen LogP contribution in [0.15, 0.2) is 53.4 Å². The number of benzene rings is 2. The maximum Gasteiger partial charge on any atom is 0.350 e. The number of nitrogen functional groups attached to an aromatic ring is 1. The molecule has 0 fully saturated rings. The Bertz CT molecular complexity index is 1190. The van der Waals surface area contributed by atoms with Crippen molar-refractivity contribution in [1.29, 1.82) is 0 Å². The summed E-state index contributed by atoms with van der Waals surface area (Å²) in [6, 6.07) is 11.0. The predicted octanol–water partition coefficient (Wildman–Crippen LogP) is 3.28. The van der Waals surface area contributed by atoms with Crippen LogP contribution in [0.25, 0.3) is 11.3 Å². The van der Waals surface area contributed by atoms with Crippen LogP contribution in [-0.4, -0.2) is 30.9 Å². The molecule has 0 saturated carbocycles. The van der Waals surface area contributed by atoms with Gasteiger partial charge in [0.25, 0.3) is 15.7 Å². The minimum Gasteiger partial charge on any atom is -0.462 e. The first-order valence-electron chi connectivity index (χ1n) is 8.52. The molecule has 0 radical (unpaired) electrons. The van der Waals surface area contributed by atoms with E-state index in [-0.39, 0.29) is 32.9 Å². The molecule has 0 unspecified atom stereocenters. The second-order valence-corrected chi connectivity index (χ2v) is 8.58. The zero-order valence-electron chi connectivity index (χ0n) is 15.6. The van der Waals surface area contributed by atoms with Crippen molar-refractivity contribution in [2.24, 2.45) is 0 Å². The molecule has 1 aromatic heterocycles. The fraction of sp³-hybridized carbons (Fsp3) is 0.111. The quantitative estimate of drug-likeness (QED) is 0.241. The van der Waals surface area contributed by atoms with E-state index < -0.39 is 20.9 Å². The fourth-order valence-corrected chi connectivity index (χ4v) is 4.57. The molecule has 0 amide bonds. The number of hydrogen-bond donors (Lipinski definition) is 2. The monoisotopic (exact) mass is 448 g/mol. The van der Waals surface area contributed by atoms with Crippen molar-refractivity contribution in [3.05, 3.63) is 63.5 Å². The van der Waals surface area contributed by atoms with Gasteiger partial charge in [0.05, 0.1) is 22.1 Å². The first kappa shape index (κ1) is 21.2. The normalized spacial score (nSPS) is 11.1. The molecule has 0 aliphatic heterocycles. The van der Waals surface area contributed by atoms with Crippen LogP contribution in [0.4, 0.5) is 16.5 Å². The number of anilines is 2. The van der Waals surface area contributed by atoms with Crippen molar-refractivity contribution >= 4 is 43.8 Å². The molecule has 156 valence electrons. The van der Waals surface area contributed by atoms with Crippen LogP contribution < -0.4 is 10.5 Å². The van der Waals surface area contributed by atoms with Crippen molar-refractivity contribution in [3.8, 4) is 11.3 Å². The first-order chi connectivity index (χ1) is 14.2. The third-order valence-corrected chi connectivity index (χ3v) is 6.29. The summed E-state index contributed by atoms with van der Waals surface area (Å²) in [5.41, 5.74) is 6.42. The number of sulfonamides is 1. The summed E-state index contributed by atoms with van der Waals surface area (Å²) in [5.74, 6) is -0.679. The van der Waals surface area contributed by atoms with Gasteiger partial charge in [0.1, 0.15) is 4.88 Å². The number of nitrogens with one attached hydrogen (secondary N) is 1. The van der Waals surface area contributed by atoms with Crippen molar-refractivity contribution in [2.45, 2.75) is 11.8 Å². The van der Waals surface area contributed by atoms with Gasteiger partial charge in [-0.2, -0.15) is 0 Å². The van der Waals surface area contributed by atoms with Crippen molar-refractivity contribution in [3.63, 3.8) is 0 Å². The lowest BCUT2D eigenvalue weighted by atomic mass is 10.1. The summed E-state index contributed by atoms with van der Waals surface area (Å²) in [4.78, 5) is 26.9. The lowest BCUT2D eigenvalue weighted by molar-refractivity contribution is -0.384. The molecule has 30 heavy (non-hydrogen) atoms. The van der Waals surface area contributed by atoms with E-state index in [1.165, 1.54) is 48.5 Å². The SMILES string of the molecule is CCOC(=O)c1sc(NS(=O)(=O)c2ccc(N)cc2)nc1-c1ccc([N+](=O)[O-])cc1. The molecule has 0 saturated heterocycles. The molecule has 2 aromatic carbocycles. The van der Waals surface area contributed by atoms with E-state index in [2.05, 4.69) is 9.71 Å². The summed E-state index contributed by atoms with van der Waals surface area (Å²) < 4.78 is 32.6. The van der Waals surface area contributed by atoms with Crippen LogP contribution in [0.3, 0.4) is 0 Å². The Morgan fingerprint density at radius 3 is 2.40 bits per heavy atom. The van der Waals surface area contributed by atoms with E-state index in [9.17, 15) is 23.3 Å². The van der Waals surface area contributed by atoms with Crippen LogP contribution in [0.1, 0.15) is 16.6 Å². The molecule has 0 spiro atoms. The van der Waals surface area contributed by atoms with Gasteiger partial charge < -0.3 is 10.5 Å². The third-order valence-electron chi connectivity index (χ3n) is 3.85. The Balaban J connectivity index is 2.00. The number of carbonyl (C=O) groups excluding carboxylic acids is 1. The van der Waals surface area contributed by atoms with Crippen molar-refractivity contribution in [1.82, 2.24) is 4.98 Å². The Morgan fingerprint density at radius 2 is 1.83 bits per heavy atom. The van der Waals surface area contributed by atoms with E-state index in [4.69, 9.17) is 10.5 Å². The molecule has 10 nitrogen and oxygen atoms in total. The second kappa shape index (κ2) is 8.47. The maximum absolute atomic E-state index is 12.6. The number of hydrogen-bond acceptors (Lipinski definition) is 9. The van der Waals surface area contributed by atoms with Crippen LogP contribution in [0.2, 0.25) is 0 Å². The number of non-ortho nitro benzene ring substituents is 1. The van der Waals surface area contributed by atoms with Crippen molar-refractivity contribution < 1.29 is 22.9 Å². The van der Waals surface area contributed by atoms with Gasteiger partial charge in [-0.1, -0.05) is 11.3 Å². The Labute approximate surface area is 175 Å². The Hall–Kier alpha value is -3.51. The molecule has 0 atom stereocenters. The number of nitro groups is 1. The average Bonchev–Trinajstić information content (AvgIpc) is 3.11. The third kappa shape index (κ3) is 4.55. The summed E-state index contributed by atoms with van der Waals surface area (Å²) in [6.07, 6.45) is 0. The summed E-state index contributed by atoms with van der Waals surface area (Å²) >= 11 is 0.803. The van der Waals surface area contributed by atoms with E-state index in [1.807, 2.05) is 0 Å². The number of ether oxygens (including phenoxy) is 1. The molecule has 3 rings (SSSR count). The number of nitrogens with zero attached hydrogens (tertiary/aromatic N) is 2. The molecular formula is C18H16N4O6S2. The Morgan fingerprint density at radius 1 is 1.20 bits per heavy atom. The van der Waals surface area contributed by atoms with E-state index in [1.54, 1.807) is 6.92 Å². The number of rotatable bonds is 7. The minimum atomic E-state index is -3.97. The molecule has 0 bridgehead atoms. The highest BCUT2D eigenvalue weighted by Gasteiger charge is 2.24. The zero-order chi connectivity index (χ0) is 21.9. The lowest BCUT2D eigenvalue weighted by Crippen LogP contribution is -2.12. The van der Waals surface area contributed by atoms with Gasteiger partial charge in [-0.25, -0.2) is 18.2 Å². The van der Waals surface area contributed by atoms with Gasteiger partial charge in [0, 0.05) is 23.4 Å². The number of esters is 1. The zero-order valence-corrected chi connectivity index (χ0v) is 17.2. The highest BCUT2D eigenvalue weighted by molar-refractivity contribution is 7.93. The van der Waals surface area contributed by atoms with Gasteiger partial charge in [-0.3, -0.25) is 14.8 Å². The predicted molar refractivity (Wildman–Crippen MR) is 112 cm³/mol. The largest absolute Gasteiger partial charge is 0.462 e. The van der Waals surface area contributed by atoms with Crippen LogP contribution in [0.5, 0.6) is 0 Å². The minimum absolute atomic E-state index is 0.0264. The van der Waals surface area contributed by atoms with E-state index in [0.717, 1.165) is 11.3 Å². The summed E-state index contributed by atoms with van der Waals surface area (Å²) in [6.45, 7) is 1.75. The molecule has 1 heterocycles. The van der Waals surface area contributed by atoms with E-state index >= 15 is 0 Å². The molecular weight excluding hydrogens is 432 g/mol. The van der Waals surface area contributed by atoms with Crippen LogP contribution in [-0.2, 0) is 14.8 Å². The standard InChI is InChI=1S/C18H16N4O6S2/c1-2-28-17(23)16-15(11-3-7-13(8-4-11)22(24)25)20-18(29-16)21-30(26,27)14-9-5-12(19)6-10-14/h3-10H,2,19H2,1H3,(H,20,21). The smallest absolute Gasteiger partial charge is 0.350 e. The second-order valence-electron chi connectivity index (χ2n) is 5.90. The van der Waals surface area contributed by atoms with Gasteiger partial charge >= 0.3 is 5.97 Å². The van der Waals surface area contributed by atoms with Crippen molar-refractivity contribution in [2.75, 3.05) is 17.1 Å². The number of nitrogens with two attached hydrogens (primary N) is 1. The average molecular weight is 448 g/mol. The number of aromatic nitrogens is 1. The van der Waals surface area contributed by atoms with Crippen LogP contribution in [0, 0.1) is 10.1 Å². The highest BCUT2D eigenvalue weighted by atomic mass is 32.2. The van der Waals surface area contributed by atoms with Gasteiger partial charge in [-0.05, 0) is 43.3 Å². The molecule has 0 aliphatic carbocycles. The van der Waals surface area contributed by atoms with E-state index in [0.29, 0.717) is 11.3 Å². The number of nitro benzene ring substituents is 1. The number of carbonyl (C=O) groups is 1. The molecule has 0 aliphatic rings. The Kier molecular flexibility index (Phi) is 5.99. The molecule has 3 N–H and O–H groups in total. The van der Waals surface area contributed by atoms with Gasteiger partial charge in [0.15, 0.2) is 5.13 Å². The maximum atomic E-state index is 12.6. The fourth-order valence-electron chi connectivity index (χ4n) is 2.46. The summed E-state index contributed by atoms with van der Waals surface area (Å²) in [5, 5.41) is 10.8. The summed E-state index contributed by atoms with van der Waals surface area (Å²) in [7, 11) is -3.97. The van der Waals surface area contributed by atoms with Crippen LogP contribution >= 0.6 is 11.3 Å². The molecule has 3 aromatic rings. The highest BCUT2D eigenvalue weighted by Crippen LogP contribution is 2.33.